The molecule has 1 amide bonds. The van der Waals surface area contributed by atoms with E-state index in [1.165, 1.54) is 12.1 Å². The Balaban J connectivity index is 1.58. The van der Waals surface area contributed by atoms with Gasteiger partial charge in [-0.3, -0.25) is 4.79 Å². The molecule has 144 valence electrons. The van der Waals surface area contributed by atoms with Crippen molar-refractivity contribution in [3.63, 3.8) is 0 Å². The maximum Gasteiger partial charge on any atom is 0.417 e. The van der Waals surface area contributed by atoms with Gasteiger partial charge in [-0.15, -0.1) is 0 Å². The van der Waals surface area contributed by atoms with Crippen LogP contribution in [0.3, 0.4) is 0 Å². The van der Waals surface area contributed by atoms with Gasteiger partial charge in [0.1, 0.15) is 11.6 Å². The molecule has 3 heterocycles. The summed E-state index contributed by atoms with van der Waals surface area (Å²) in [6.07, 6.45) is -0.394. The summed E-state index contributed by atoms with van der Waals surface area (Å²) in [5.74, 6) is 0.992. The molecule has 0 aromatic carbocycles. The van der Waals surface area contributed by atoms with Crippen LogP contribution in [0.4, 0.5) is 19.0 Å². The molecule has 1 saturated heterocycles. The summed E-state index contributed by atoms with van der Waals surface area (Å²) in [5, 5.41) is 3.84. The van der Waals surface area contributed by atoms with E-state index in [1.807, 2.05) is 4.90 Å². The zero-order chi connectivity index (χ0) is 19.6. The highest BCUT2D eigenvalue weighted by Gasteiger charge is 2.31. The van der Waals surface area contributed by atoms with E-state index in [0.29, 0.717) is 37.8 Å². The predicted molar refractivity (Wildman–Crippen MR) is 93.0 cm³/mol. The van der Waals surface area contributed by atoms with Crippen molar-refractivity contribution in [2.75, 3.05) is 31.1 Å². The summed E-state index contributed by atoms with van der Waals surface area (Å²) in [4.78, 5) is 19.8. The average molecular weight is 380 g/mol. The summed E-state index contributed by atoms with van der Waals surface area (Å²) in [6.45, 7) is 5.52. The number of hydrogen-bond acceptors (Lipinski definition) is 5. The maximum atomic E-state index is 12.6. The van der Waals surface area contributed by atoms with Crippen LogP contribution in [-0.4, -0.2) is 47.1 Å². The fraction of sp³-hybridized carbons (Fsp3) is 0.389. The Morgan fingerprint density at radius 2 is 1.89 bits per heavy atom. The van der Waals surface area contributed by atoms with Crippen LogP contribution >= 0.6 is 0 Å². The van der Waals surface area contributed by atoms with Crippen LogP contribution in [0.1, 0.15) is 22.6 Å². The minimum atomic E-state index is -4.40. The number of halogens is 3. The Kier molecular flexibility index (Phi) is 5.20. The van der Waals surface area contributed by atoms with E-state index >= 15 is 0 Å². The molecule has 0 unspecified atom stereocenters. The normalized spacial score (nSPS) is 15.6. The van der Waals surface area contributed by atoms with E-state index in [4.69, 9.17) is 4.52 Å². The van der Waals surface area contributed by atoms with E-state index in [-0.39, 0.29) is 5.91 Å². The van der Waals surface area contributed by atoms with Gasteiger partial charge in [-0.25, -0.2) is 4.98 Å². The summed E-state index contributed by atoms with van der Waals surface area (Å²) in [5.41, 5.74) is 0.732. The number of rotatable bonds is 3. The van der Waals surface area contributed by atoms with Gasteiger partial charge in [0.05, 0.1) is 11.3 Å². The van der Waals surface area contributed by atoms with Crippen molar-refractivity contribution in [2.45, 2.75) is 20.0 Å². The van der Waals surface area contributed by atoms with Gasteiger partial charge in [-0.05, 0) is 32.1 Å². The van der Waals surface area contributed by atoms with Crippen molar-refractivity contribution in [1.29, 1.82) is 0 Å². The second-order valence-corrected chi connectivity index (χ2v) is 6.29. The topological polar surface area (TPSA) is 62.5 Å². The van der Waals surface area contributed by atoms with Crippen molar-refractivity contribution in [2.24, 2.45) is 0 Å². The lowest BCUT2D eigenvalue weighted by atomic mass is 10.2. The standard InChI is InChI=1S/C18H19F3N4O2/c1-12-15(13(2)27-23-12)4-6-17(26)25-9-7-24(8-10-25)16-5-3-14(11-22-16)18(19,20)21/h3-6,11H,7-10H2,1-2H3. The first-order valence-corrected chi connectivity index (χ1v) is 8.44. The molecule has 1 fully saturated rings. The lowest BCUT2D eigenvalue weighted by Gasteiger charge is -2.35. The zero-order valence-electron chi connectivity index (χ0n) is 15.0. The van der Waals surface area contributed by atoms with Crippen LogP contribution in [-0.2, 0) is 11.0 Å². The molecule has 6 nitrogen and oxygen atoms in total. The molecule has 27 heavy (non-hydrogen) atoms. The summed E-state index contributed by atoms with van der Waals surface area (Å²) in [6, 6.07) is 2.38. The van der Waals surface area contributed by atoms with Gasteiger partial charge in [0.15, 0.2) is 0 Å². The number of piperazine rings is 1. The second kappa shape index (κ2) is 7.42. The van der Waals surface area contributed by atoms with Gasteiger partial charge < -0.3 is 14.3 Å². The molecule has 2 aromatic rings. The Labute approximate surface area is 154 Å². The smallest absolute Gasteiger partial charge is 0.361 e. The number of hydrogen-bond donors (Lipinski definition) is 0. The number of aromatic nitrogens is 2. The third-order valence-corrected chi connectivity index (χ3v) is 4.47. The van der Waals surface area contributed by atoms with Crippen LogP contribution in [0.25, 0.3) is 6.08 Å². The van der Waals surface area contributed by atoms with Crippen LogP contribution < -0.4 is 4.90 Å². The number of amides is 1. The first-order valence-electron chi connectivity index (χ1n) is 8.44. The predicted octanol–water partition coefficient (Wildman–Crippen LogP) is 3.07. The van der Waals surface area contributed by atoms with Gasteiger partial charge in [0.2, 0.25) is 5.91 Å². The summed E-state index contributed by atoms with van der Waals surface area (Å²) < 4.78 is 42.9. The Morgan fingerprint density at radius 1 is 1.19 bits per heavy atom. The minimum absolute atomic E-state index is 0.130. The lowest BCUT2D eigenvalue weighted by molar-refractivity contribution is -0.137. The van der Waals surface area contributed by atoms with Crippen molar-refractivity contribution in [1.82, 2.24) is 15.0 Å². The molecule has 1 aliphatic heterocycles. The SMILES string of the molecule is Cc1noc(C)c1C=CC(=O)N1CCN(c2ccc(C(F)(F)F)cn2)CC1. The van der Waals surface area contributed by atoms with Gasteiger partial charge in [0, 0.05) is 44.0 Å². The summed E-state index contributed by atoms with van der Waals surface area (Å²) in [7, 11) is 0. The van der Waals surface area contributed by atoms with Crippen molar-refractivity contribution in [3.8, 4) is 0 Å². The summed E-state index contributed by atoms with van der Waals surface area (Å²) >= 11 is 0. The Hall–Kier alpha value is -2.84. The molecule has 0 N–H and O–H groups in total. The number of carbonyl (C=O) groups is 1. The monoisotopic (exact) mass is 380 g/mol. The van der Waals surface area contributed by atoms with E-state index in [1.54, 1.807) is 24.8 Å². The zero-order valence-corrected chi connectivity index (χ0v) is 15.0. The second-order valence-electron chi connectivity index (χ2n) is 6.29. The molecule has 0 aliphatic carbocycles. The molecule has 0 radical (unpaired) electrons. The molecule has 0 bridgehead atoms. The van der Waals surface area contributed by atoms with Crippen LogP contribution in [0.15, 0.2) is 28.9 Å². The first-order chi connectivity index (χ1) is 12.8. The average Bonchev–Trinajstić information content (AvgIpc) is 2.97. The molecule has 2 aromatic heterocycles. The molecule has 0 atom stereocenters. The first kappa shape index (κ1) is 18.9. The van der Waals surface area contributed by atoms with E-state index in [0.717, 1.165) is 23.5 Å². The van der Waals surface area contributed by atoms with Gasteiger partial charge in [-0.2, -0.15) is 13.2 Å². The van der Waals surface area contributed by atoms with Crippen LogP contribution in [0.5, 0.6) is 0 Å². The quantitative estimate of drug-likeness (QED) is 0.766. The number of alkyl halides is 3. The molecular formula is C18H19F3N4O2. The van der Waals surface area contributed by atoms with E-state index in [2.05, 4.69) is 10.1 Å². The number of pyridine rings is 1. The lowest BCUT2D eigenvalue weighted by Crippen LogP contribution is -2.48. The molecule has 1 aliphatic rings. The van der Waals surface area contributed by atoms with Crippen molar-refractivity contribution < 1.29 is 22.5 Å². The number of carbonyl (C=O) groups excluding carboxylic acids is 1. The fourth-order valence-corrected chi connectivity index (χ4v) is 2.88. The van der Waals surface area contributed by atoms with E-state index in [9.17, 15) is 18.0 Å². The van der Waals surface area contributed by atoms with E-state index < -0.39 is 11.7 Å². The van der Waals surface area contributed by atoms with Crippen LogP contribution in [0, 0.1) is 13.8 Å². The minimum Gasteiger partial charge on any atom is -0.361 e. The highest BCUT2D eigenvalue weighted by atomic mass is 19.4. The van der Waals surface area contributed by atoms with Crippen molar-refractivity contribution in [3.05, 3.63) is 47.0 Å². The number of aryl methyl sites for hydroxylation is 2. The van der Waals surface area contributed by atoms with Gasteiger partial charge in [0.25, 0.3) is 0 Å². The third-order valence-electron chi connectivity index (χ3n) is 4.47. The van der Waals surface area contributed by atoms with Crippen LogP contribution in [0.2, 0.25) is 0 Å². The highest BCUT2D eigenvalue weighted by molar-refractivity contribution is 5.92. The molecular weight excluding hydrogens is 361 g/mol. The fourth-order valence-electron chi connectivity index (χ4n) is 2.88. The molecule has 0 spiro atoms. The number of nitrogens with zero attached hydrogens (tertiary/aromatic N) is 4. The largest absolute Gasteiger partial charge is 0.417 e. The number of anilines is 1. The van der Waals surface area contributed by atoms with Gasteiger partial charge in [-0.1, -0.05) is 5.16 Å². The third kappa shape index (κ3) is 4.29. The molecule has 3 rings (SSSR count). The Bertz CT molecular complexity index is 816. The maximum absolute atomic E-state index is 12.6. The molecule has 0 saturated carbocycles. The van der Waals surface area contributed by atoms with Gasteiger partial charge >= 0.3 is 6.18 Å². The molecule has 9 heteroatoms. The van der Waals surface area contributed by atoms with Crippen molar-refractivity contribution >= 4 is 17.8 Å². The highest BCUT2D eigenvalue weighted by Crippen LogP contribution is 2.29. The Morgan fingerprint density at radius 3 is 2.41 bits per heavy atom.